The van der Waals surface area contributed by atoms with E-state index in [9.17, 15) is 14.4 Å². The Morgan fingerprint density at radius 2 is 2.00 bits per heavy atom. The highest BCUT2D eigenvalue weighted by Crippen LogP contribution is 2.31. The summed E-state index contributed by atoms with van der Waals surface area (Å²) >= 11 is 7.19. The molecule has 0 aromatic heterocycles. The minimum Gasteiger partial charge on any atom is -0.478 e. The number of nitrogens with zero attached hydrogens (tertiary/aromatic N) is 2. The molecule has 2 N–H and O–H groups in total. The van der Waals surface area contributed by atoms with E-state index in [0.717, 1.165) is 10.6 Å². The Hall–Kier alpha value is -2.84. The number of hydrogen-bond acceptors (Lipinski definition) is 5. The topological polar surface area (TPSA) is 99.1 Å². The van der Waals surface area contributed by atoms with Crippen LogP contribution < -0.4 is 10.2 Å². The van der Waals surface area contributed by atoms with E-state index in [4.69, 9.17) is 16.7 Å². The van der Waals surface area contributed by atoms with Gasteiger partial charge in [0.2, 0.25) is 11.8 Å². The molecular formula is C20H18ClN3O4S. The number of aromatic carboxylic acids is 1. The fraction of sp³-hybridized carbons (Fsp3) is 0.200. The lowest BCUT2D eigenvalue weighted by Gasteiger charge is -2.16. The number of thioether (sulfide) groups is 1. The number of amides is 2. The van der Waals surface area contributed by atoms with Crippen LogP contribution in [0, 0.1) is 0 Å². The SMILES string of the molecule is CCN=C(Nc1cccc(Cl)c1)SC1CC(=O)N(c2ccc(C(=O)O)cc2)C1=O. The van der Waals surface area contributed by atoms with Crippen molar-refractivity contribution in [2.75, 3.05) is 16.8 Å². The van der Waals surface area contributed by atoms with Crippen molar-refractivity contribution < 1.29 is 19.5 Å². The molecule has 1 heterocycles. The first kappa shape index (κ1) is 20.9. The van der Waals surface area contributed by atoms with Crippen LogP contribution in [0.4, 0.5) is 11.4 Å². The summed E-state index contributed by atoms with van der Waals surface area (Å²) in [5.41, 5.74) is 1.17. The average molecular weight is 432 g/mol. The summed E-state index contributed by atoms with van der Waals surface area (Å²) in [6.07, 6.45) is 0.0319. The van der Waals surface area contributed by atoms with E-state index in [0.29, 0.717) is 22.4 Å². The van der Waals surface area contributed by atoms with E-state index in [2.05, 4.69) is 10.3 Å². The van der Waals surface area contributed by atoms with Crippen LogP contribution in [-0.2, 0) is 9.59 Å². The van der Waals surface area contributed by atoms with Gasteiger partial charge in [-0.15, -0.1) is 0 Å². The molecule has 0 spiro atoms. The summed E-state index contributed by atoms with van der Waals surface area (Å²) in [5, 5.41) is 12.6. The molecule has 2 aromatic rings. The lowest BCUT2D eigenvalue weighted by atomic mass is 10.2. The highest BCUT2D eigenvalue weighted by Gasteiger charge is 2.40. The highest BCUT2D eigenvalue weighted by molar-refractivity contribution is 8.15. The van der Waals surface area contributed by atoms with Crippen molar-refractivity contribution in [3.63, 3.8) is 0 Å². The molecule has 0 radical (unpaired) electrons. The number of carboxylic acids is 1. The zero-order valence-electron chi connectivity index (χ0n) is 15.5. The lowest BCUT2D eigenvalue weighted by Crippen LogP contribution is -2.31. The fourth-order valence-corrected chi connectivity index (χ4v) is 4.07. The minimum absolute atomic E-state index is 0.0319. The van der Waals surface area contributed by atoms with Crippen molar-refractivity contribution in [3.05, 3.63) is 59.1 Å². The molecule has 1 aliphatic heterocycles. The molecular weight excluding hydrogens is 414 g/mol. The van der Waals surface area contributed by atoms with Gasteiger partial charge in [-0.25, -0.2) is 9.69 Å². The fourth-order valence-electron chi connectivity index (χ4n) is 2.79. The molecule has 2 amide bonds. The van der Waals surface area contributed by atoms with Crippen molar-refractivity contribution in [2.45, 2.75) is 18.6 Å². The predicted octanol–water partition coefficient (Wildman–Crippen LogP) is 3.89. The molecule has 3 rings (SSSR count). The number of carboxylic acid groups (broad SMARTS) is 1. The van der Waals surface area contributed by atoms with E-state index >= 15 is 0 Å². The molecule has 1 unspecified atom stereocenters. The molecule has 7 nitrogen and oxygen atoms in total. The first-order valence-electron chi connectivity index (χ1n) is 8.83. The first-order valence-corrected chi connectivity index (χ1v) is 10.1. The molecule has 0 saturated carbocycles. The molecule has 1 atom stereocenters. The summed E-state index contributed by atoms with van der Waals surface area (Å²) in [6, 6.07) is 12.8. The Balaban J connectivity index is 1.75. The Labute approximate surface area is 176 Å². The summed E-state index contributed by atoms with van der Waals surface area (Å²) in [5.74, 6) is -1.77. The number of halogens is 1. The molecule has 1 aliphatic rings. The second-order valence-corrected chi connectivity index (χ2v) is 7.77. The zero-order valence-corrected chi connectivity index (χ0v) is 17.0. The second kappa shape index (κ2) is 9.11. The Morgan fingerprint density at radius 3 is 2.62 bits per heavy atom. The van der Waals surface area contributed by atoms with Gasteiger partial charge in [0.15, 0.2) is 5.17 Å². The molecule has 150 valence electrons. The number of anilines is 2. The third-order valence-corrected chi connectivity index (χ3v) is 5.45. The van der Waals surface area contributed by atoms with Crippen LogP contribution in [0.15, 0.2) is 53.5 Å². The van der Waals surface area contributed by atoms with Crippen molar-refractivity contribution in [2.24, 2.45) is 4.99 Å². The van der Waals surface area contributed by atoms with E-state index < -0.39 is 11.2 Å². The second-order valence-electron chi connectivity index (χ2n) is 6.14. The van der Waals surface area contributed by atoms with Gasteiger partial charge in [0.1, 0.15) is 5.25 Å². The van der Waals surface area contributed by atoms with Crippen LogP contribution in [0.5, 0.6) is 0 Å². The standard InChI is InChI=1S/C20H18ClN3O4S/c1-2-22-20(23-14-5-3-4-13(21)10-14)29-16-11-17(25)24(18(16)26)15-8-6-12(7-9-15)19(27)28/h3-10,16H,2,11H2,1H3,(H,22,23)(H,27,28). The van der Waals surface area contributed by atoms with Gasteiger partial charge in [0.05, 0.1) is 11.3 Å². The van der Waals surface area contributed by atoms with Crippen molar-refractivity contribution in [1.82, 2.24) is 0 Å². The molecule has 29 heavy (non-hydrogen) atoms. The predicted molar refractivity (Wildman–Crippen MR) is 115 cm³/mol. The number of benzene rings is 2. The molecule has 0 aliphatic carbocycles. The largest absolute Gasteiger partial charge is 0.478 e. The number of nitrogens with one attached hydrogen (secondary N) is 1. The monoisotopic (exact) mass is 431 g/mol. The summed E-state index contributed by atoms with van der Waals surface area (Å²) in [6.45, 7) is 2.38. The van der Waals surface area contributed by atoms with Gasteiger partial charge in [-0.05, 0) is 49.4 Å². The summed E-state index contributed by atoms with van der Waals surface area (Å²) < 4.78 is 0. The van der Waals surface area contributed by atoms with Gasteiger partial charge in [-0.1, -0.05) is 29.4 Å². The van der Waals surface area contributed by atoms with E-state index in [-0.39, 0.29) is 23.8 Å². The number of amidine groups is 1. The summed E-state index contributed by atoms with van der Waals surface area (Å²) in [7, 11) is 0. The molecule has 1 saturated heterocycles. The Kier molecular flexibility index (Phi) is 6.56. The number of carbonyl (C=O) groups excluding carboxylic acids is 2. The van der Waals surface area contributed by atoms with Crippen LogP contribution in [-0.4, -0.2) is 39.9 Å². The number of carbonyl (C=O) groups is 3. The molecule has 9 heteroatoms. The normalized spacial score (nSPS) is 17.0. The Morgan fingerprint density at radius 1 is 1.28 bits per heavy atom. The van der Waals surface area contributed by atoms with Crippen LogP contribution in [0.3, 0.4) is 0 Å². The van der Waals surface area contributed by atoms with Gasteiger partial charge < -0.3 is 10.4 Å². The van der Waals surface area contributed by atoms with Crippen LogP contribution >= 0.6 is 23.4 Å². The number of hydrogen-bond donors (Lipinski definition) is 2. The van der Waals surface area contributed by atoms with Gasteiger partial charge in [0.25, 0.3) is 0 Å². The zero-order chi connectivity index (χ0) is 21.0. The number of rotatable bonds is 5. The van der Waals surface area contributed by atoms with E-state index in [1.165, 1.54) is 36.0 Å². The van der Waals surface area contributed by atoms with Gasteiger partial charge in [0, 0.05) is 23.7 Å². The first-order chi connectivity index (χ1) is 13.9. The highest BCUT2D eigenvalue weighted by atomic mass is 35.5. The maximum Gasteiger partial charge on any atom is 0.335 e. The number of imide groups is 1. The van der Waals surface area contributed by atoms with Crippen molar-refractivity contribution >= 4 is 57.7 Å². The van der Waals surface area contributed by atoms with Crippen LogP contribution in [0.25, 0.3) is 0 Å². The smallest absolute Gasteiger partial charge is 0.335 e. The third kappa shape index (κ3) is 4.96. The third-order valence-electron chi connectivity index (χ3n) is 4.11. The summed E-state index contributed by atoms with van der Waals surface area (Å²) in [4.78, 5) is 41.8. The van der Waals surface area contributed by atoms with Crippen LogP contribution in [0.2, 0.25) is 5.02 Å². The quantitative estimate of drug-likeness (QED) is 0.423. The Bertz CT molecular complexity index is 978. The van der Waals surface area contributed by atoms with Gasteiger partial charge in [-0.3, -0.25) is 14.6 Å². The maximum absolute atomic E-state index is 12.8. The average Bonchev–Trinajstić information content (AvgIpc) is 2.95. The van der Waals surface area contributed by atoms with Crippen molar-refractivity contribution in [3.8, 4) is 0 Å². The van der Waals surface area contributed by atoms with Crippen LogP contribution in [0.1, 0.15) is 23.7 Å². The van der Waals surface area contributed by atoms with Gasteiger partial charge in [-0.2, -0.15) is 0 Å². The molecule has 1 fully saturated rings. The lowest BCUT2D eigenvalue weighted by molar-refractivity contribution is -0.121. The minimum atomic E-state index is -1.07. The maximum atomic E-state index is 12.8. The van der Waals surface area contributed by atoms with Gasteiger partial charge >= 0.3 is 5.97 Å². The number of aliphatic imine (C=N–C) groups is 1. The molecule has 0 bridgehead atoms. The van der Waals surface area contributed by atoms with E-state index in [1.807, 2.05) is 13.0 Å². The van der Waals surface area contributed by atoms with Crippen molar-refractivity contribution in [1.29, 1.82) is 0 Å². The molecule has 2 aromatic carbocycles. The van der Waals surface area contributed by atoms with E-state index in [1.54, 1.807) is 18.2 Å².